The van der Waals surface area contributed by atoms with Gasteiger partial charge in [-0.15, -0.1) is 10.2 Å². The maximum atomic E-state index is 13.3. The van der Waals surface area contributed by atoms with Gasteiger partial charge in [0.05, 0.1) is 6.26 Å². The monoisotopic (exact) mass is 375 g/mol. The van der Waals surface area contributed by atoms with Gasteiger partial charge in [-0.1, -0.05) is 11.3 Å². The number of hydrogen-bond acceptors (Lipinski definition) is 5. The molecule has 2 aromatic heterocycles. The third-order valence-corrected chi connectivity index (χ3v) is 5.57. The molecule has 5 nitrogen and oxygen atoms in total. The number of nitrogens with zero attached hydrogens (tertiary/aromatic N) is 3. The van der Waals surface area contributed by atoms with Crippen molar-refractivity contribution in [2.24, 2.45) is 0 Å². The number of carbonyl (C=O) groups is 1. The van der Waals surface area contributed by atoms with E-state index in [4.69, 9.17) is 4.42 Å². The SMILES string of the molecule is O=C(c1ccc(F)c(F)c1)N1CCC(c2nnc(-c3ccco3)s2)CC1. The van der Waals surface area contributed by atoms with Crippen molar-refractivity contribution in [3.8, 4) is 10.8 Å². The molecule has 0 aliphatic carbocycles. The zero-order chi connectivity index (χ0) is 18.1. The Balaban J connectivity index is 1.41. The minimum Gasteiger partial charge on any atom is -0.462 e. The number of carbonyl (C=O) groups excluding carboxylic acids is 1. The molecule has 8 heteroatoms. The van der Waals surface area contributed by atoms with Gasteiger partial charge in [0.1, 0.15) is 5.01 Å². The minimum absolute atomic E-state index is 0.165. The topological polar surface area (TPSA) is 59.2 Å². The second-order valence-corrected chi connectivity index (χ2v) is 7.13. The number of benzene rings is 1. The van der Waals surface area contributed by atoms with E-state index >= 15 is 0 Å². The van der Waals surface area contributed by atoms with Crippen LogP contribution in [0.1, 0.15) is 34.1 Å². The Morgan fingerprint density at radius 2 is 1.96 bits per heavy atom. The molecule has 26 heavy (non-hydrogen) atoms. The van der Waals surface area contributed by atoms with Crippen molar-refractivity contribution in [1.82, 2.24) is 15.1 Å². The number of hydrogen-bond donors (Lipinski definition) is 0. The molecule has 0 N–H and O–H groups in total. The summed E-state index contributed by atoms with van der Waals surface area (Å²) in [5, 5.41) is 10.1. The highest BCUT2D eigenvalue weighted by Crippen LogP contribution is 2.33. The van der Waals surface area contributed by atoms with Crippen LogP contribution in [-0.2, 0) is 0 Å². The van der Waals surface area contributed by atoms with Crippen molar-refractivity contribution < 1.29 is 18.0 Å². The van der Waals surface area contributed by atoms with Crippen molar-refractivity contribution in [2.75, 3.05) is 13.1 Å². The van der Waals surface area contributed by atoms with E-state index in [1.54, 1.807) is 17.2 Å². The lowest BCUT2D eigenvalue weighted by molar-refractivity contribution is 0.0712. The Labute approximate surface area is 152 Å². The Morgan fingerprint density at radius 3 is 2.65 bits per heavy atom. The highest BCUT2D eigenvalue weighted by atomic mass is 32.1. The number of rotatable bonds is 3. The highest BCUT2D eigenvalue weighted by molar-refractivity contribution is 7.14. The number of amides is 1. The van der Waals surface area contributed by atoms with Gasteiger partial charge in [-0.25, -0.2) is 8.78 Å². The zero-order valence-corrected chi connectivity index (χ0v) is 14.5. The average molecular weight is 375 g/mol. The number of likely N-dealkylation sites (tertiary alicyclic amines) is 1. The van der Waals surface area contributed by atoms with E-state index in [1.807, 2.05) is 6.07 Å². The lowest BCUT2D eigenvalue weighted by Gasteiger charge is -2.31. The number of aromatic nitrogens is 2. The molecule has 134 valence electrons. The second kappa shape index (κ2) is 6.95. The first kappa shape index (κ1) is 16.8. The molecular formula is C18H15F2N3O2S. The smallest absolute Gasteiger partial charge is 0.253 e. The van der Waals surface area contributed by atoms with Gasteiger partial charge in [-0.05, 0) is 43.2 Å². The highest BCUT2D eigenvalue weighted by Gasteiger charge is 2.27. The van der Waals surface area contributed by atoms with Gasteiger partial charge in [-0.3, -0.25) is 4.79 Å². The summed E-state index contributed by atoms with van der Waals surface area (Å²) in [5.74, 6) is -1.32. The molecule has 3 heterocycles. The van der Waals surface area contributed by atoms with Crippen LogP contribution in [0.25, 0.3) is 10.8 Å². The number of furan rings is 1. The van der Waals surface area contributed by atoms with Gasteiger partial charge < -0.3 is 9.32 Å². The Kier molecular flexibility index (Phi) is 4.50. The molecule has 0 bridgehead atoms. The van der Waals surface area contributed by atoms with Crippen molar-refractivity contribution in [3.05, 3.63) is 58.8 Å². The third kappa shape index (κ3) is 3.24. The molecule has 1 amide bonds. The van der Waals surface area contributed by atoms with Crippen LogP contribution < -0.4 is 0 Å². The van der Waals surface area contributed by atoms with Gasteiger partial charge in [0.15, 0.2) is 22.4 Å². The molecular weight excluding hydrogens is 360 g/mol. The van der Waals surface area contributed by atoms with E-state index in [1.165, 1.54) is 17.4 Å². The summed E-state index contributed by atoms with van der Waals surface area (Å²) in [5.41, 5.74) is 0.165. The fraction of sp³-hybridized carbons (Fsp3) is 0.278. The molecule has 1 aliphatic heterocycles. The molecule has 0 saturated carbocycles. The van der Waals surface area contributed by atoms with Gasteiger partial charge in [-0.2, -0.15) is 0 Å². The first-order chi connectivity index (χ1) is 12.6. The van der Waals surface area contributed by atoms with Crippen LogP contribution >= 0.6 is 11.3 Å². The summed E-state index contributed by atoms with van der Waals surface area (Å²) in [6, 6.07) is 6.89. The summed E-state index contributed by atoms with van der Waals surface area (Å²) in [4.78, 5) is 14.1. The lowest BCUT2D eigenvalue weighted by atomic mass is 9.97. The van der Waals surface area contributed by atoms with Crippen molar-refractivity contribution in [2.45, 2.75) is 18.8 Å². The van der Waals surface area contributed by atoms with Gasteiger partial charge in [0, 0.05) is 24.6 Å². The first-order valence-electron chi connectivity index (χ1n) is 8.23. The van der Waals surface area contributed by atoms with Crippen LogP contribution in [0, 0.1) is 11.6 Å². The van der Waals surface area contributed by atoms with Crippen LogP contribution in [0.2, 0.25) is 0 Å². The summed E-state index contributed by atoms with van der Waals surface area (Å²) in [7, 11) is 0. The van der Waals surface area contributed by atoms with Crippen molar-refractivity contribution in [1.29, 1.82) is 0 Å². The summed E-state index contributed by atoms with van der Waals surface area (Å²) >= 11 is 1.50. The minimum atomic E-state index is -1.01. The Hall–Kier alpha value is -2.61. The van der Waals surface area contributed by atoms with Gasteiger partial charge in [0.25, 0.3) is 5.91 Å². The third-order valence-electron chi connectivity index (χ3n) is 4.47. The standard InChI is InChI=1S/C18H15F2N3O2S/c19-13-4-3-12(10-14(13)20)18(24)23-7-5-11(6-8-23)16-21-22-17(26-16)15-2-1-9-25-15/h1-4,9-11H,5-8H2. The molecule has 1 saturated heterocycles. The summed E-state index contributed by atoms with van der Waals surface area (Å²) in [6.07, 6.45) is 3.10. The molecule has 3 aromatic rings. The molecule has 0 unspecified atom stereocenters. The Bertz CT molecular complexity index is 918. The molecule has 4 rings (SSSR count). The van der Waals surface area contributed by atoms with E-state index in [0.717, 1.165) is 35.0 Å². The normalized spacial score (nSPS) is 15.4. The van der Waals surface area contributed by atoms with Crippen LogP contribution in [-0.4, -0.2) is 34.1 Å². The van der Waals surface area contributed by atoms with Gasteiger partial charge in [0.2, 0.25) is 0 Å². The molecule has 1 aromatic carbocycles. The fourth-order valence-electron chi connectivity index (χ4n) is 3.04. The molecule has 0 atom stereocenters. The molecule has 1 fully saturated rings. The largest absolute Gasteiger partial charge is 0.462 e. The maximum Gasteiger partial charge on any atom is 0.253 e. The predicted octanol–water partition coefficient (Wildman–Crippen LogP) is 4.10. The van der Waals surface area contributed by atoms with Crippen LogP contribution in [0.4, 0.5) is 8.78 Å². The van der Waals surface area contributed by atoms with E-state index in [-0.39, 0.29) is 17.4 Å². The quantitative estimate of drug-likeness (QED) is 0.692. The van der Waals surface area contributed by atoms with E-state index < -0.39 is 11.6 Å². The molecule has 1 aliphatic rings. The molecule has 0 radical (unpaired) electrons. The van der Waals surface area contributed by atoms with Crippen molar-refractivity contribution >= 4 is 17.2 Å². The summed E-state index contributed by atoms with van der Waals surface area (Å²) < 4.78 is 31.7. The van der Waals surface area contributed by atoms with Crippen LogP contribution in [0.3, 0.4) is 0 Å². The van der Waals surface area contributed by atoms with Crippen LogP contribution in [0.5, 0.6) is 0 Å². The van der Waals surface area contributed by atoms with Crippen molar-refractivity contribution in [3.63, 3.8) is 0 Å². The average Bonchev–Trinajstić information content (AvgIpc) is 3.35. The van der Waals surface area contributed by atoms with Gasteiger partial charge >= 0.3 is 0 Å². The maximum absolute atomic E-state index is 13.3. The van der Waals surface area contributed by atoms with E-state index in [9.17, 15) is 13.6 Å². The van der Waals surface area contributed by atoms with E-state index in [0.29, 0.717) is 18.8 Å². The number of halogens is 2. The number of piperidine rings is 1. The second-order valence-electron chi connectivity index (χ2n) is 6.12. The van der Waals surface area contributed by atoms with E-state index in [2.05, 4.69) is 10.2 Å². The fourth-order valence-corrected chi connectivity index (χ4v) is 4.02. The molecule has 0 spiro atoms. The lowest BCUT2D eigenvalue weighted by Crippen LogP contribution is -2.38. The van der Waals surface area contributed by atoms with Crippen LogP contribution in [0.15, 0.2) is 41.0 Å². The predicted molar refractivity (Wildman–Crippen MR) is 91.8 cm³/mol. The zero-order valence-electron chi connectivity index (χ0n) is 13.7. The first-order valence-corrected chi connectivity index (χ1v) is 9.05. The summed E-state index contributed by atoms with van der Waals surface area (Å²) in [6.45, 7) is 1.08. The Morgan fingerprint density at radius 1 is 1.15 bits per heavy atom.